The van der Waals surface area contributed by atoms with Crippen LogP contribution in [0.1, 0.15) is 20.3 Å². The molecule has 0 fully saturated rings. The minimum atomic E-state index is -0.517. The van der Waals surface area contributed by atoms with Gasteiger partial charge in [0.1, 0.15) is 6.54 Å². The lowest BCUT2D eigenvalue weighted by Crippen LogP contribution is -2.30. The van der Waals surface area contributed by atoms with Crippen LogP contribution in [-0.2, 0) is 19.1 Å². The monoisotopic (exact) mass is 279 g/mol. The summed E-state index contributed by atoms with van der Waals surface area (Å²) in [6.07, 6.45) is 1.20. The zero-order valence-corrected chi connectivity index (χ0v) is 11.5. The molecule has 108 valence electrons. The number of rotatable bonds is 7. The maximum Gasteiger partial charge on any atom is 0.326 e. The lowest BCUT2D eigenvalue weighted by atomic mass is 10.2. The van der Waals surface area contributed by atoms with E-state index in [1.54, 1.807) is 24.3 Å². The van der Waals surface area contributed by atoms with E-state index in [2.05, 4.69) is 0 Å². The van der Waals surface area contributed by atoms with Crippen molar-refractivity contribution in [1.82, 2.24) is 0 Å². The van der Waals surface area contributed by atoms with E-state index in [1.165, 1.54) is 6.92 Å². The minimum Gasteiger partial charge on any atom is -0.464 e. The summed E-state index contributed by atoms with van der Waals surface area (Å²) in [4.78, 5) is 34.8. The highest BCUT2D eigenvalue weighted by atomic mass is 16.5. The van der Waals surface area contributed by atoms with Crippen LogP contribution in [0.3, 0.4) is 0 Å². The van der Waals surface area contributed by atoms with E-state index in [9.17, 15) is 14.4 Å². The first-order valence-corrected chi connectivity index (χ1v) is 6.23. The zero-order valence-electron chi connectivity index (χ0n) is 11.5. The molecule has 0 aliphatic rings. The van der Waals surface area contributed by atoms with Gasteiger partial charge in [-0.3, -0.25) is 14.4 Å². The van der Waals surface area contributed by atoms with Crippen molar-refractivity contribution in [1.29, 1.82) is 0 Å². The van der Waals surface area contributed by atoms with Crippen molar-refractivity contribution in [3.63, 3.8) is 0 Å². The number of hydrogen-bond acceptors (Lipinski definition) is 5. The number of carbonyl (C=O) groups is 3. The van der Waals surface area contributed by atoms with Gasteiger partial charge in [-0.1, -0.05) is 19.1 Å². The maximum absolute atomic E-state index is 11.5. The highest BCUT2D eigenvalue weighted by Gasteiger charge is 2.16. The lowest BCUT2D eigenvalue weighted by Gasteiger charge is -2.19. The number of nitrogens with zero attached hydrogens (tertiary/aromatic N) is 1. The van der Waals surface area contributed by atoms with Crippen LogP contribution in [0.2, 0.25) is 0 Å². The van der Waals surface area contributed by atoms with Crippen molar-refractivity contribution in [3.8, 4) is 5.75 Å². The summed E-state index contributed by atoms with van der Waals surface area (Å²) in [5.41, 5.74) is 0.339. The van der Waals surface area contributed by atoms with Gasteiger partial charge in [-0.15, -0.1) is 0 Å². The number of amides is 1. The topological polar surface area (TPSA) is 72.9 Å². The Bertz CT molecular complexity index is 486. The maximum atomic E-state index is 11.5. The van der Waals surface area contributed by atoms with Crippen LogP contribution < -0.4 is 9.64 Å². The third-order valence-electron chi connectivity index (χ3n) is 2.32. The SMILES string of the molecule is CCCOC(=O)CN(C=O)c1ccccc1OC(C)=O. The largest absolute Gasteiger partial charge is 0.464 e. The predicted molar refractivity (Wildman–Crippen MR) is 72.4 cm³/mol. The summed E-state index contributed by atoms with van der Waals surface area (Å²) in [6, 6.07) is 6.47. The van der Waals surface area contributed by atoms with Crippen LogP contribution in [0.15, 0.2) is 24.3 Å². The molecule has 0 atom stereocenters. The van der Waals surface area contributed by atoms with Gasteiger partial charge in [0, 0.05) is 6.92 Å². The van der Waals surface area contributed by atoms with Gasteiger partial charge in [-0.2, -0.15) is 0 Å². The molecule has 1 amide bonds. The molecule has 0 saturated carbocycles. The van der Waals surface area contributed by atoms with Gasteiger partial charge in [-0.25, -0.2) is 0 Å². The first-order chi connectivity index (χ1) is 9.58. The van der Waals surface area contributed by atoms with E-state index < -0.39 is 11.9 Å². The van der Waals surface area contributed by atoms with Crippen LogP contribution in [0, 0.1) is 0 Å². The highest BCUT2D eigenvalue weighted by molar-refractivity contribution is 5.88. The van der Waals surface area contributed by atoms with Gasteiger partial charge in [0.2, 0.25) is 6.41 Å². The molecule has 0 radical (unpaired) electrons. The van der Waals surface area contributed by atoms with Crippen molar-refractivity contribution in [2.24, 2.45) is 0 Å². The highest BCUT2D eigenvalue weighted by Crippen LogP contribution is 2.27. The van der Waals surface area contributed by atoms with Gasteiger partial charge < -0.3 is 14.4 Å². The Balaban J connectivity index is 2.86. The molecule has 0 aliphatic heterocycles. The van der Waals surface area contributed by atoms with Crippen LogP contribution >= 0.6 is 0 Å². The fraction of sp³-hybridized carbons (Fsp3) is 0.357. The molecule has 0 bridgehead atoms. The predicted octanol–water partition coefficient (Wildman–Crippen LogP) is 1.53. The summed E-state index contributed by atoms with van der Waals surface area (Å²) in [5.74, 6) is -0.802. The number of para-hydroxylation sites is 2. The first-order valence-electron chi connectivity index (χ1n) is 6.23. The number of esters is 2. The van der Waals surface area contributed by atoms with Gasteiger partial charge in [0.05, 0.1) is 12.3 Å². The van der Waals surface area contributed by atoms with E-state index in [0.717, 1.165) is 4.90 Å². The van der Waals surface area contributed by atoms with Gasteiger partial charge in [0.15, 0.2) is 5.75 Å². The Morgan fingerprint density at radius 2 is 2.00 bits per heavy atom. The molecule has 0 spiro atoms. The van der Waals surface area contributed by atoms with E-state index in [0.29, 0.717) is 25.1 Å². The van der Waals surface area contributed by atoms with E-state index in [1.807, 2.05) is 6.92 Å². The van der Waals surface area contributed by atoms with Crippen molar-refractivity contribution in [3.05, 3.63) is 24.3 Å². The second-order valence-electron chi connectivity index (χ2n) is 4.02. The second kappa shape index (κ2) is 7.93. The van der Waals surface area contributed by atoms with Crippen LogP contribution in [0.5, 0.6) is 5.75 Å². The Morgan fingerprint density at radius 3 is 2.60 bits per heavy atom. The quantitative estimate of drug-likeness (QED) is 0.430. The summed E-state index contributed by atoms with van der Waals surface area (Å²) >= 11 is 0. The van der Waals surface area contributed by atoms with Crippen LogP contribution in [-0.4, -0.2) is 31.5 Å². The standard InChI is InChI=1S/C14H17NO5/c1-3-8-19-14(18)9-15(10-16)12-6-4-5-7-13(12)20-11(2)17/h4-7,10H,3,8-9H2,1-2H3. The fourth-order valence-electron chi connectivity index (χ4n) is 1.52. The Hall–Kier alpha value is -2.37. The summed E-state index contributed by atoms with van der Waals surface area (Å²) in [7, 11) is 0. The molecule has 0 aromatic heterocycles. The number of hydrogen-bond donors (Lipinski definition) is 0. The zero-order chi connectivity index (χ0) is 15.0. The summed E-state index contributed by atoms with van der Waals surface area (Å²) in [5, 5.41) is 0. The van der Waals surface area contributed by atoms with E-state index in [4.69, 9.17) is 9.47 Å². The Morgan fingerprint density at radius 1 is 1.30 bits per heavy atom. The van der Waals surface area contributed by atoms with Crippen molar-refractivity contribution in [2.45, 2.75) is 20.3 Å². The second-order valence-corrected chi connectivity index (χ2v) is 4.02. The molecule has 1 aromatic carbocycles. The van der Waals surface area contributed by atoms with Crippen LogP contribution in [0.25, 0.3) is 0 Å². The fourth-order valence-corrected chi connectivity index (χ4v) is 1.52. The number of benzene rings is 1. The van der Waals surface area contributed by atoms with Crippen molar-refractivity contribution >= 4 is 24.0 Å². The van der Waals surface area contributed by atoms with Gasteiger partial charge >= 0.3 is 11.9 Å². The van der Waals surface area contributed by atoms with E-state index >= 15 is 0 Å². The molecule has 6 heteroatoms. The minimum absolute atomic E-state index is 0.218. The molecule has 0 saturated heterocycles. The van der Waals surface area contributed by atoms with Gasteiger partial charge in [0.25, 0.3) is 0 Å². The normalized spacial score (nSPS) is 9.70. The molecule has 0 N–H and O–H groups in total. The lowest BCUT2D eigenvalue weighted by molar-refractivity contribution is -0.142. The Kier molecular flexibility index (Phi) is 6.22. The molecule has 0 unspecified atom stereocenters. The molecule has 20 heavy (non-hydrogen) atoms. The van der Waals surface area contributed by atoms with Crippen LogP contribution in [0.4, 0.5) is 5.69 Å². The molecule has 1 rings (SSSR count). The molecular weight excluding hydrogens is 262 g/mol. The molecule has 1 aromatic rings. The van der Waals surface area contributed by atoms with Crippen molar-refractivity contribution < 1.29 is 23.9 Å². The van der Waals surface area contributed by atoms with Gasteiger partial charge in [-0.05, 0) is 18.6 Å². The number of carbonyl (C=O) groups excluding carboxylic acids is 3. The average molecular weight is 279 g/mol. The average Bonchev–Trinajstić information content (AvgIpc) is 2.42. The third kappa shape index (κ3) is 4.72. The summed E-state index contributed by atoms with van der Waals surface area (Å²) in [6.45, 7) is 3.21. The number of anilines is 1. The molecule has 0 heterocycles. The molecule has 0 aliphatic carbocycles. The third-order valence-corrected chi connectivity index (χ3v) is 2.32. The number of ether oxygens (including phenoxy) is 2. The molecule has 6 nitrogen and oxygen atoms in total. The smallest absolute Gasteiger partial charge is 0.326 e. The first kappa shape index (κ1) is 15.7. The Labute approximate surface area is 117 Å². The van der Waals surface area contributed by atoms with Crippen molar-refractivity contribution in [2.75, 3.05) is 18.1 Å². The molecular formula is C14H17NO5. The van der Waals surface area contributed by atoms with E-state index in [-0.39, 0.29) is 12.3 Å². The summed E-state index contributed by atoms with van der Waals surface area (Å²) < 4.78 is 9.92.